The number of aromatic nitrogens is 2. The van der Waals surface area contributed by atoms with E-state index >= 15 is 0 Å². The molecule has 1 N–H and O–H groups in total. The van der Waals surface area contributed by atoms with Crippen LogP contribution in [-0.2, 0) is 11.2 Å². The fourth-order valence-electron chi connectivity index (χ4n) is 3.20. The third kappa shape index (κ3) is 5.28. The lowest BCUT2D eigenvalue weighted by Gasteiger charge is -2.32. The fourth-order valence-corrected chi connectivity index (χ4v) is 3.20. The number of hydrogen-bond acceptors (Lipinski definition) is 4. The normalized spacial score (nSPS) is 15.2. The Morgan fingerprint density at radius 1 is 1.12 bits per heavy atom. The maximum atomic E-state index is 12.4. The van der Waals surface area contributed by atoms with Gasteiger partial charge in [0, 0.05) is 25.6 Å². The van der Waals surface area contributed by atoms with Crippen molar-refractivity contribution in [2.24, 2.45) is 0 Å². The number of nitrogens with zero attached hydrogens (tertiary/aromatic N) is 3. The highest BCUT2D eigenvalue weighted by molar-refractivity contribution is 5.76. The molecule has 0 aliphatic carbocycles. The average Bonchev–Trinajstić information content (AvgIpc) is 2.65. The van der Waals surface area contributed by atoms with Gasteiger partial charge < -0.3 is 10.2 Å². The minimum absolute atomic E-state index is 0.282. The number of amides is 1. The maximum absolute atomic E-state index is 12.4. The van der Waals surface area contributed by atoms with E-state index < -0.39 is 0 Å². The van der Waals surface area contributed by atoms with E-state index in [4.69, 9.17) is 0 Å². The molecule has 1 aliphatic heterocycles. The van der Waals surface area contributed by atoms with E-state index in [2.05, 4.69) is 27.6 Å². The first-order valence-electron chi connectivity index (χ1n) is 9.09. The van der Waals surface area contributed by atoms with Crippen molar-refractivity contribution >= 4 is 11.7 Å². The molecule has 2 aromatic rings. The van der Waals surface area contributed by atoms with Crippen molar-refractivity contribution in [2.75, 3.05) is 18.4 Å². The monoisotopic (exact) mass is 338 g/mol. The lowest BCUT2D eigenvalue weighted by Crippen LogP contribution is -2.42. The molecular weight excluding hydrogens is 312 g/mol. The largest absolute Gasteiger partial charge is 0.366 e. The van der Waals surface area contributed by atoms with Crippen LogP contribution in [0.5, 0.6) is 0 Å². The first-order chi connectivity index (χ1) is 12.2. The molecule has 0 bridgehead atoms. The second-order valence-corrected chi connectivity index (χ2v) is 6.70. The van der Waals surface area contributed by atoms with Crippen molar-refractivity contribution in [1.82, 2.24) is 15.1 Å². The van der Waals surface area contributed by atoms with Gasteiger partial charge in [-0.1, -0.05) is 30.3 Å². The van der Waals surface area contributed by atoms with Crippen molar-refractivity contribution in [1.29, 1.82) is 0 Å². The molecule has 5 nitrogen and oxygen atoms in total. The molecule has 1 aromatic heterocycles. The minimum Gasteiger partial charge on any atom is -0.366 e. The summed E-state index contributed by atoms with van der Waals surface area (Å²) in [5.74, 6) is 1.10. The number of rotatable bonds is 6. The summed E-state index contributed by atoms with van der Waals surface area (Å²) in [6, 6.07) is 14.6. The van der Waals surface area contributed by atoms with Gasteiger partial charge in [0.2, 0.25) is 5.91 Å². The van der Waals surface area contributed by atoms with E-state index in [9.17, 15) is 4.79 Å². The summed E-state index contributed by atoms with van der Waals surface area (Å²) in [7, 11) is 0. The number of anilines is 1. The van der Waals surface area contributed by atoms with E-state index in [1.165, 1.54) is 5.56 Å². The molecule has 1 aromatic carbocycles. The van der Waals surface area contributed by atoms with Crippen LogP contribution in [0, 0.1) is 6.92 Å². The molecule has 0 unspecified atom stereocenters. The van der Waals surface area contributed by atoms with Crippen molar-refractivity contribution in [3.8, 4) is 0 Å². The van der Waals surface area contributed by atoms with E-state index in [0.29, 0.717) is 12.5 Å². The van der Waals surface area contributed by atoms with Crippen LogP contribution in [0.3, 0.4) is 0 Å². The molecule has 0 atom stereocenters. The number of hydrogen-bond donors (Lipinski definition) is 1. The van der Waals surface area contributed by atoms with Gasteiger partial charge in [-0.15, -0.1) is 5.10 Å². The zero-order chi connectivity index (χ0) is 17.5. The van der Waals surface area contributed by atoms with Crippen LogP contribution in [0.15, 0.2) is 42.5 Å². The highest BCUT2D eigenvalue weighted by Gasteiger charge is 2.22. The molecule has 2 heterocycles. The SMILES string of the molecule is Cc1ccc(NC2CCN(C(=O)CCCc3ccccc3)CC2)nn1. The van der Waals surface area contributed by atoms with Gasteiger partial charge in [-0.25, -0.2) is 0 Å². The topological polar surface area (TPSA) is 58.1 Å². The maximum Gasteiger partial charge on any atom is 0.222 e. The lowest BCUT2D eigenvalue weighted by atomic mass is 10.0. The van der Waals surface area contributed by atoms with Gasteiger partial charge in [0.15, 0.2) is 0 Å². The molecule has 132 valence electrons. The van der Waals surface area contributed by atoms with Crippen LogP contribution in [0.25, 0.3) is 0 Å². The summed E-state index contributed by atoms with van der Waals surface area (Å²) >= 11 is 0. The Balaban J connectivity index is 1.38. The number of aryl methyl sites for hydroxylation is 2. The van der Waals surface area contributed by atoms with E-state index in [0.717, 1.165) is 50.3 Å². The van der Waals surface area contributed by atoms with E-state index in [1.807, 2.05) is 42.2 Å². The first-order valence-corrected chi connectivity index (χ1v) is 9.09. The smallest absolute Gasteiger partial charge is 0.222 e. The molecular formula is C20H26N4O. The standard InChI is InChI=1S/C20H26N4O/c1-16-10-11-19(23-22-16)21-18-12-14-24(15-13-18)20(25)9-5-8-17-6-3-2-4-7-17/h2-4,6-7,10-11,18H,5,8-9,12-15H2,1H3,(H,21,23). The molecule has 1 amide bonds. The lowest BCUT2D eigenvalue weighted by molar-refractivity contribution is -0.132. The van der Waals surface area contributed by atoms with Crippen LogP contribution in [0.4, 0.5) is 5.82 Å². The molecule has 1 aliphatic rings. The Morgan fingerprint density at radius 2 is 1.88 bits per heavy atom. The Hall–Kier alpha value is -2.43. The fraction of sp³-hybridized carbons (Fsp3) is 0.450. The van der Waals surface area contributed by atoms with Gasteiger partial charge in [0.1, 0.15) is 5.82 Å². The third-order valence-electron chi connectivity index (χ3n) is 4.70. The first kappa shape index (κ1) is 17.4. The van der Waals surface area contributed by atoms with Gasteiger partial charge in [-0.05, 0) is 50.3 Å². The van der Waals surface area contributed by atoms with Crippen LogP contribution in [0.1, 0.15) is 36.9 Å². The van der Waals surface area contributed by atoms with Crippen molar-refractivity contribution < 1.29 is 4.79 Å². The van der Waals surface area contributed by atoms with E-state index in [1.54, 1.807) is 0 Å². The summed E-state index contributed by atoms with van der Waals surface area (Å²) in [5.41, 5.74) is 2.22. The Kier molecular flexibility index (Phi) is 5.99. The Labute approximate surface area is 149 Å². The zero-order valence-electron chi connectivity index (χ0n) is 14.8. The number of piperidine rings is 1. The highest BCUT2D eigenvalue weighted by atomic mass is 16.2. The molecule has 25 heavy (non-hydrogen) atoms. The van der Waals surface area contributed by atoms with Gasteiger partial charge >= 0.3 is 0 Å². The van der Waals surface area contributed by atoms with Crippen LogP contribution < -0.4 is 5.32 Å². The van der Waals surface area contributed by atoms with Crippen molar-refractivity contribution in [3.63, 3.8) is 0 Å². The summed E-state index contributed by atoms with van der Waals surface area (Å²) in [6.45, 7) is 3.57. The molecule has 0 saturated carbocycles. The second-order valence-electron chi connectivity index (χ2n) is 6.70. The minimum atomic E-state index is 0.282. The predicted molar refractivity (Wildman–Crippen MR) is 99.4 cm³/mol. The zero-order valence-corrected chi connectivity index (χ0v) is 14.8. The molecule has 1 saturated heterocycles. The van der Waals surface area contributed by atoms with E-state index in [-0.39, 0.29) is 5.91 Å². The summed E-state index contributed by atoms with van der Waals surface area (Å²) in [4.78, 5) is 14.4. The quantitative estimate of drug-likeness (QED) is 0.879. The van der Waals surface area contributed by atoms with Crippen molar-refractivity contribution in [2.45, 2.75) is 45.1 Å². The van der Waals surface area contributed by atoms with Crippen molar-refractivity contribution in [3.05, 3.63) is 53.7 Å². The summed E-state index contributed by atoms with van der Waals surface area (Å²) in [5, 5.41) is 11.6. The average molecular weight is 338 g/mol. The predicted octanol–water partition coefficient (Wildman–Crippen LogP) is 3.21. The number of likely N-dealkylation sites (tertiary alicyclic amines) is 1. The Morgan fingerprint density at radius 3 is 2.56 bits per heavy atom. The Bertz CT molecular complexity index is 664. The number of carbonyl (C=O) groups is 1. The van der Waals surface area contributed by atoms with Gasteiger partial charge in [-0.3, -0.25) is 4.79 Å². The van der Waals surface area contributed by atoms with Gasteiger partial charge in [-0.2, -0.15) is 5.10 Å². The highest BCUT2D eigenvalue weighted by Crippen LogP contribution is 2.16. The van der Waals surface area contributed by atoms with Crippen LogP contribution in [0.2, 0.25) is 0 Å². The summed E-state index contributed by atoms with van der Waals surface area (Å²) in [6.07, 6.45) is 4.44. The summed E-state index contributed by atoms with van der Waals surface area (Å²) < 4.78 is 0. The van der Waals surface area contributed by atoms with Crippen LogP contribution >= 0.6 is 0 Å². The molecule has 0 radical (unpaired) electrons. The van der Waals surface area contributed by atoms with Crippen LogP contribution in [-0.4, -0.2) is 40.1 Å². The van der Waals surface area contributed by atoms with Gasteiger partial charge in [0.25, 0.3) is 0 Å². The molecule has 5 heteroatoms. The second kappa shape index (κ2) is 8.60. The third-order valence-corrected chi connectivity index (χ3v) is 4.70. The molecule has 0 spiro atoms. The molecule has 1 fully saturated rings. The number of nitrogens with one attached hydrogen (secondary N) is 1. The number of carbonyl (C=O) groups excluding carboxylic acids is 1. The number of benzene rings is 1. The molecule has 3 rings (SSSR count). The van der Waals surface area contributed by atoms with Gasteiger partial charge in [0.05, 0.1) is 5.69 Å².